The zero-order valence-electron chi connectivity index (χ0n) is 9.21. The maximum atomic E-state index is 12.2. The van der Waals surface area contributed by atoms with E-state index in [-0.39, 0.29) is 5.76 Å². The van der Waals surface area contributed by atoms with Gasteiger partial charge in [0, 0.05) is 5.39 Å². The third-order valence-corrected chi connectivity index (χ3v) is 2.51. The van der Waals surface area contributed by atoms with E-state index in [2.05, 4.69) is 0 Å². The van der Waals surface area contributed by atoms with Crippen LogP contribution < -0.4 is 5.73 Å². The van der Waals surface area contributed by atoms with Crippen molar-refractivity contribution in [3.8, 4) is 0 Å². The fourth-order valence-electron chi connectivity index (χ4n) is 1.72. The molecule has 5 heteroatoms. The van der Waals surface area contributed by atoms with Gasteiger partial charge in [0.15, 0.2) is 0 Å². The molecule has 0 saturated heterocycles. The Kier molecular flexibility index (Phi) is 2.87. The van der Waals surface area contributed by atoms with E-state index >= 15 is 0 Å². The first-order valence-electron chi connectivity index (χ1n) is 5.17. The Balaban J connectivity index is 2.30. The highest BCUT2D eigenvalue weighted by atomic mass is 19.4. The van der Waals surface area contributed by atoms with Crippen molar-refractivity contribution in [1.29, 1.82) is 0 Å². The van der Waals surface area contributed by atoms with Crippen LogP contribution in [-0.2, 0) is 0 Å². The van der Waals surface area contributed by atoms with E-state index in [9.17, 15) is 13.2 Å². The van der Waals surface area contributed by atoms with Crippen LogP contribution in [0.4, 0.5) is 13.2 Å². The van der Waals surface area contributed by atoms with Crippen LogP contribution in [0.1, 0.15) is 23.8 Å². The van der Waals surface area contributed by atoms with Crippen LogP contribution in [0.5, 0.6) is 0 Å². The van der Waals surface area contributed by atoms with E-state index in [4.69, 9.17) is 10.2 Å². The quantitative estimate of drug-likeness (QED) is 0.873. The lowest BCUT2D eigenvalue weighted by atomic mass is 10.1. The molecule has 1 aromatic carbocycles. The maximum Gasteiger partial charge on any atom is 0.391 e. The Bertz CT molecular complexity index is 530. The third kappa shape index (κ3) is 2.79. The number of fused-ring (bicyclic) bond motifs is 1. The van der Waals surface area contributed by atoms with Crippen molar-refractivity contribution < 1.29 is 17.6 Å². The molecule has 0 amide bonds. The molecule has 17 heavy (non-hydrogen) atoms. The van der Waals surface area contributed by atoms with E-state index in [1.807, 2.05) is 19.1 Å². The van der Waals surface area contributed by atoms with Crippen LogP contribution in [0.3, 0.4) is 0 Å². The number of alkyl halides is 3. The van der Waals surface area contributed by atoms with Gasteiger partial charge in [-0.15, -0.1) is 0 Å². The molecule has 1 atom stereocenters. The number of aryl methyl sites for hydroxylation is 1. The zero-order chi connectivity index (χ0) is 12.6. The molecule has 92 valence electrons. The van der Waals surface area contributed by atoms with Crippen LogP contribution in [0.25, 0.3) is 11.0 Å². The van der Waals surface area contributed by atoms with Gasteiger partial charge < -0.3 is 10.2 Å². The summed E-state index contributed by atoms with van der Waals surface area (Å²) in [5.41, 5.74) is 7.05. The van der Waals surface area contributed by atoms with Crippen molar-refractivity contribution in [2.24, 2.45) is 5.73 Å². The van der Waals surface area contributed by atoms with Gasteiger partial charge in [0.25, 0.3) is 0 Å². The van der Waals surface area contributed by atoms with Crippen LogP contribution in [0.15, 0.2) is 28.7 Å². The lowest BCUT2D eigenvalue weighted by Crippen LogP contribution is -2.19. The van der Waals surface area contributed by atoms with E-state index in [1.54, 1.807) is 12.1 Å². The topological polar surface area (TPSA) is 39.2 Å². The molecule has 1 heterocycles. The number of halogens is 3. The molecular weight excluding hydrogens is 231 g/mol. The van der Waals surface area contributed by atoms with Crippen LogP contribution in [-0.4, -0.2) is 6.18 Å². The fourth-order valence-corrected chi connectivity index (χ4v) is 1.72. The second-order valence-corrected chi connectivity index (χ2v) is 4.12. The summed E-state index contributed by atoms with van der Waals surface area (Å²) in [4.78, 5) is 0. The highest BCUT2D eigenvalue weighted by molar-refractivity contribution is 5.78. The van der Waals surface area contributed by atoms with Gasteiger partial charge in [-0.05, 0) is 25.1 Å². The van der Waals surface area contributed by atoms with Gasteiger partial charge in [-0.3, -0.25) is 0 Å². The van der Waals surface area contributed by atoms with Gasteiger partial charge in [0.05, 0.1) is 12.5 Å². The number of rotatable bonds is 2. The van der Waals surface area contributed by atoms with Crippen molar-refractivity contribution in [3.63, 3.8) is 0 Å². The highest BCUT2D eigenvalue weighted by Crippen LogP contribution is 2.31. The molecule has 0 fully saturated rings. The first-order chi connectivity index (χ1) is 7.85. The van der Waals surface area contributed by atoms with Gasteiger partial charge >= 0.3 is 6.18 Å². The Morgan fingerprint density at radius 1 is 1.29 bits per heavy atom. The average Bonchev–Trinajstić information content (AvgIpc) is 2.57. The average molecular weight is 243 g/mol. The molecule has 2 aromatic rings. The van der Waals surface area contributed by atoms with Gasteiger partial charge in [0.1, 0.15) is 11.3 Å². The molecule has 0 aliphatic carbocycles. The summed E-state index contributed by atoms with van der Waals surface area (Å²) in [6, 6.07) is 5.84. The minimum absolute atomic E-state index is 0.169. The van der Waals surface area contributed by atoms with Gasteiger partial charge in [-0.2, -0.15) is 13.2 Å². The summed E-state index contributed by atoms with van der Waals surface area (Å²) in [6.45, 7) is 1.90. The maximum absolute atomic E-state index is 12.2. The summed E-state index contributed by atoms with van der Waals surface area (Å²) < 4.78 is 41.9. The monoisotopic (exact) mass is 243 g/mol. The molecule has 0 bridgehead atoms. The second-order valence-electron chi connectivity index (χ2n) is 4.12. The molecule has 1 unspecified atom stereocenters. The minimum atomic E-state index is -4.28. The molecule has 0 aliphatic heterocycles. The number of nitrogens with two attached hydrogens (primary N) is 1. The van der Waals surface area contributed by atoms with Crippen molar-refractivity contribution in [2.75, 3.05) is 0 Å². The Morgan fingerprint density at radius 3 is 2.65 bits per heavy atom. The van der Waals surface area contributed by atoms with E-state index in [0.29, 0.717) is 5.58 Å². The van der Waals surface area contributed by atoms with E-state index in [0.717, 1.165) is 10.9 Å². The first kappa shape index (κ1) is 12.0. The number of furan rings is 1. The molecule has 2 nitrogen and oxygen atoms in total. The first-order valence-corrected chi connectivity index (χ1v) is 5.17. The molecule has 0 aliphatic rings. The highest BCUT2D eigenvalue weighted by Gasteiger charge is 2.32. The lowest BCUT2D eigenvalue weighted by molar-refractivity contribution is -0.139. The molecule has 0 radical (unpaired) electrons. The summed E-state index contributed by atoms with van der Waals surface area (Å²) in [7, 11) is 0. The predicted octanol–water partition coefficient (Wildman–Crippen LogP) is 3.69. The summed E-state index contributed by atoms with van der Waals surface area (Å²) >= 11 is 0. The van der Waals surface area contributed by atoms with Crippen LogP contribution in [0, 0.1) is 6.92 Å². The molecule has 2 rings (SSSR count). The smallest absolute Gasteiger partial charge is 0.391 e. The van der Waals surface area contributed by atoms with Crippen LogP contribution >= 0.6 is 0 Å². The summed E-state index contributed by atoms with van der Waals surface area (Å²) in [6.07, 6.45) is -5.36. The molecule has 2 N–H and O–H groups in total. The van der Waals surface area contributed by atoms with E-state index < -0.39 is 18.6 Å². The van der Waals surface area contributed by atoms with Crippen molar-refractivity contribution >= 4 is 11.0 Å². The summed E-state index contributed by atoms with van der Waals surface area (Å²) in [5.74, 6) is 0.169. The third-order valence-electron chi connectivity index (χ3n) is 2.51. The Hall–Kier alpha value is -1.49. The Labute approximate surface area is 96.2 Å². The van der Waals surface area contributed by atoms with E-state index in [1.165, 1.54) is 0 Å². The van der Waals surface area contributed by atoms with Gasteiger partial charge in [-0.1, -0.05) is 11.6 Å². The predicted molar refractivity (Wildman–Crippen MR) is 58.6 cm³/mol. The second kappa shape index (κ2) is 4.07. The SMILES string of the molecule is Cc1ccc2oc(C(N)CC(F)(F)F)cc2c1. The summed E-state index contributed by atoms with van der Waals surface area (Å²) in [5, 5.41) is 0.776. The largest absolute Gasteiger partial charge is 0.459 e. The van der Waals surface area contributed by atoms with Gasteiger partial charge in [0.2, 0.25) is 0 Å². The fraction of sp³-hybridized carbons (Fsp3) is 0.333. The number of hydrogen-bond acceptors (Lipinski definition) is 2. The van der Waals surface area contributed by atoms with Crippen molar-refractivity contribution in [1.82, 2.24) is 0 Å². The zero-order valence-corrected chi connectivity index (χ0v) is 9.21. The van der Waals surface area contributed by atoms with Crippen LogP contribution in [0.2, 0.25) is 0 Å². The minimum Gasteiger partial charge on any atom is -0.459 e. The number of benzene rings is 1. The normalized spacial score (nSPS) is 14.2. The molecule has 1 aromatic heterocycles. The molecular formula is C12H12F3NO. The van der Waals surface area contributed by atoms with Crippen molar-refractivity contribution in [2.45, 2.75) is 25.6 Å². The standard InChI is InChI=1S/C12H12F3NO/c1-7-2-3-10-8(4-7)5-11(17-10)9(16)6-12(13,14)15/h2-5,9H,6,16H2,1H3. The van der Waals surface area contributed by atoms with Gasteiger partial charge in [-0.25, -0.2) is 0 Å². The molecule has 0 spiro atoms. The number of hydrogen-bond donors (Lipinski definition) is 1. The lowest BCUT2D eigenvalue weighted by Gasteiger charge is -2.10. The molecule has 0 saturated carbocycles. The van der Waals surface area contributed by atoms with Crippen molar-refractivity contribution in [3.05, 3.63) is 35.6 Å². The Morgan fingerprint density at radius 2 is 2.00 bits per heavy atom.